The first-order valence-electron chi connectivity index (χ1n) is 6.03. The zero-order valence-corrected chi connectivity index (χ0v) is 12.0. The fourth-order valence-electron chi connectivity index (χ4n) is 1.96. The quantitative estimate of drug-likeness (QED) is 0.872. The highest BCUT2D eigenvalue weighted by Gasteiger charge is 2.31. The van der Waals surface area contributed by atoms with E-state index in [2.05, 4.69) is 0 Å². The number of aliphatic hydroxyl groups is 1. The lowest BCUT2D eigenvalue weighted by Crippen LogP contribution is -2.29. The molecule has 110 valence electrons. The fraction of sp³-hybridized carbons (Fsp3) is 0.133. The molecule has 21 heavy (non-hydrogen) atoms. The summed E-state index contributed by atoms with van der Waals surface area (Å²) in [5.74, 6) is -0.487. The predicted molar refractivity (Wildman–Crippen MR) is 75.0 cm³/mol. The first-order chi connectivity index (χ1) is 9.77. The van der Waals surface area contributed by atoms with Crippen LogP contribution in [0.4, 0.5) is 4.39 Å². The number of rotatable bonds is 4. The van der Waals surface area contributed by atoms with Crippen LogP contribution < -0.4 is 0 Å². The van der Waals surface area contributed by atoms with Crippen molar-refractivity contribution in [2.24, 2.45) is 0 Å². The summed E-state index contributed by atoms with van der Waals surface area (Å²) in [4.78, 5) is 11.4. The molecule has 0 heterocycles. The second-order valence-electron chi connectivity index (χ2n) is 4.69. The summed E-state index contributed by atoms with van der Waals surface area (Å²) in [6, 6.07) is 10.2. The molecular weight excluding hydrogens is 295 g/mol. The van der Waals surface area contributed by atoms with Gasteiger partial charge in [-0.3, -0.25) is 4.79 Å². The molecule has 4 nitrogen and oxygen atoms in total. The van der Waals surface area contributed by atoms with Crippen molar-refractivity contribution in [1.82, 2.24) is 0 Å². The fourth-order valence-corrected chi connectivity index (χ4v) is 2.59. The zero-order chi connectivity index (χ0) is 15.7. The molecule has 2 rings (SSSR count). The molecule has 0 aliphatic carbocycles. The van der Waals surface area contributed by atoms with Crippen molar-refractivity contribution < 1.29 is 22.7 Å². The van der Waals surface area contributed by atoms with Crippen LogP contribution in [0.2, 0.25) is 0 Å². The molecule has 0 saturated carbocycles. The second kappa shape index (κ2) is 5.38. The van der Waals surface area contributed by atoms with Crippen molar-refractivity contribution in [2.75, 3.05) is 6.26 Å². The first-order valence-corrected chi connectivity index (χ1v) is 7.92. The molecule has 0 fully saturated rings. The van der Waals surface area contributed by atoms with Gasteiger partial charge in [-0.25, -0.2) is 12.8 Å². The van der Waals surface area contributed by atoms with Crippen molar-refractivity contribution >= 4 is 16.1 Å². The molecule has 1 N–H and O–H groups in total. The van der Waals surface area contributed by atoms with Crippen LogP contribution in [0.3, 0.4) is 0 Å². The molecule has 0 saturated heterocycles. The van der Waals surface area contributed by atoms with Gasteiger partial charge >= 0.3 is 0 Å². The Hall–Kier alpha value is -2.05. The van der Waals surface area contributed by atoms with Crippen LogP contribution in [-0.2, 0) is 20.2 Å². The lowest BCUT2D eigenvalue weighted by molar-refractivity contribution is -0.121. The zero-order valence-electron chi connectivity index (χ0n) is 11.2. The molecule has 1 atom stereocenters. The number of sulfone groups is 1. The maximum absolute atomic E-state index is 12.9. The van der Waals surface area contributed by atoms with E-state index in [9.17, 15) is 22.7 Å². The third-order valence-electron chi connectivity index (χ3n) is 3.18. The molecule has 0 aliphatic heterocycles. The Morgan fingerprint density at radius 2 is 1.43 bits per heavy atom. The molecule has 0 amide bonds. The average Bonchev–Trinajstić information content (AvgIpc) is 2.46. The third kappa shape index (κ3) is 3.01. The molecular formula is C15H13FO4S. The molecule has 0 bridgehead atoms. The van der Waals surface area contributed by atoms with E-state index in [1.165, 1.54) is 36.4 Å². The highest BCUT2D eigenvalue weighted by atomic mass is 32.2. The van der Waals surface area contributed by atoms with Gasteiger partial charge < -0.3 is 5.11 Å². The van der Waals surface area contributed by atoms with Crippen molar-refractivity contribution in [3.63, 3.8) is 0 Å². The number of carbonyl (C=O) groups is 1. The van der Waals surface area contributed by atoms with E-state index >= 15 is 0 Å². The highest BCUT2D eigenvalue weighted by molar-refractivity contribution is 7.90. The highest BCUT2D eigenvalue weighted by Crippen LogP contribution is 2.28. The molecule has 0 spiro atoms. The van der Waals surface area contributed by atoms with E-state index in [0.717, 1.165) is 18.4 Å². The Bertz CT molecular complexity index is 751. The normalized spacial score (nSPS) is 14.4. The van der Waals surface area contributed by atoms with Crippen LogP contribution in [0.25, 0.3) is 0 Å². The standard InChI is InChI=1S/C15H13FO4S/c1-21(19,20)14-8-4-12(5-9-14)15(18,10-17)11-2-6-13(16)7-3-11/h2-10,18H,1H3. The van der Waals surface area contributed by atoms with E-state index < -0.39 is 21.3 Å². The van der Waals surface area contributed by atoms with E-state index in [0.29, 0.717) is 6.29 Å². The van der Waals surface area contributed by atoms with Gasteiger partial charge in [0, 0.05) is 6.26 Å². The summed E-state index contributed by atoms with van der Waals surface area (Å²) in [7, 11) is -3.36. The molecule has 0 radical (unpaired) electrons. The Kier molecular flexibility index (Phi) is 3.93. The van der Waals surface area contributed by atoms with E-state index in [1.54, 1.807) is 0 Å². The molecule has 0 aromatic heterocycles. The van der Waals surface area contributed by atoms with Crippen LogP contribution in [0, 0.1) is 5.82 Å². The van der Waals surface area contributed by atoms with Gasteiger partial charge in [-0.05, 0) is 35.4 Å². The first kappa shape index (κ1) is 15.3. The average molecular weight is 308 g/mol. The maximum Gasteiger partial charge on any atom is 0.175 e. The van der Waals surface area contributed by atoms with Crippen molar-refractivity contribution in [3.8, 4) is 0 Å². The van der Waals surface area contributed by atoms with E-state index in [4.69, 9.17) is 0 Å². The summed E-state index contributed by atoms with van der Waals surface area (Å²) in [5.41, 5.74) is -1.55. The Balaban J connectivity index is 2.50. The largest absolute Gasteiger partial charge is 0.373 e. The van der Waals surface area contributed by atoms with Crippen molar-refractivity contribution in [1.29, 1.82) is 0 Å². The predicted octanol–water partition coefficient (Wildman–Crippen LogP) is 1.66. The smallest absolute Gasteiger partial charge is 0.175 e. The minimum Gasteiger partial charge on any atom is -0.373 e. The Morgan fingerprint density at radius 1 is 1.00 bits per heavy atom. The number of hydrogen-bond acceptors (Lipinski definition) is 4. The number of hydrogen-bond donors (Lipinski definition) is 1. The van der Waals surface area contributed by atoms with Gasteiger partial charge in [-0.1, -0.05) is 24.3 Å². The minimum atomic E-state index is -3.36. The van der Waals surface area contributed by atoms with Gasteiger partial charge in [0.15, 0.2) is 21.7 Å². The van der Waals surface area contributed by atoms with E-state index in [-0.39, 0.29) is 16.0 Å². The number of benzene rings is 2. The minimum absolute atomic E-state index is 0.0820. The van der Waals surface area contributed by atoms with Gasteiger partial charge in [-0.2, -0.15) is 0 Å². The molecule has 1 unspecified atom stereocenters. The third-order valence-corrected chi connectivity index (χ3v) is 4.31. The molecule has 2 aromatic carbocycles. The maximum atomic E-state index is 12.9. The van der Waals surface area contributed by atoms with Crippen LogP contribution in [0.1, 0.15) is 11.1 Å². The monoisotopic (exact) mass is 308 g/mol. The van der Waals surface area contributed by atoms with E-state index in [1.807, 2.05) is 0 Å². The van der Waals surface area contributed by atoms with Gasteiger partial charge in [-0.15, -0.1) is 0 Å². The topological polar surface area (TPSA) is 71.4 Å². The van der Waals surface area contributed by atoms with Crippen LogP contribution in [0.5, 0.6) is 0 Å². The van der Waals surface area contributed by atoms with Gasteiger partial charge in [0.2, 0.25) is 0 Å². The second-order valence-corrected chi connectivity index (χ2v) is 6.70. The van der Waals surface area contributed by atoms with Gasteiger partial charge in [0.05, 0.1) is 4.90 Å². The van der Waals surface area contributed by atoms with Crippen LogP contribution in [-0.4, -0.2) is 26.1 Å². The van der Waals surface area contributed by atoms with Crippen molar-refractivity contribution in [3.05, 3.63) is 65.5 Å². The lowest BCUT2D eigenvalue weighted by Gasteiger charge is -2.23. The Labute approximate surface area is 121 Å². The summed E-state index contributed by atoms with van der Waals surface area (Å²) in [6.45, 7) is 0. The molecule has 6 heteroatoms. The van der Waals surface area contributed by atoms with Gasteiger partial charge in [0.1, 0.15) is 5.82 Å². The Morgan fingerprint density at radius 3 is 1.81 bits per heavy atom. The lowest BCUT2D eigenvalue weighted by atomic mass is 9.88. The summed E-state index contributed by atoms with van der Waals surface area (Å²) in [6.07, 6.45) is 1.39. The van der Waals surface area contributed by atoms with Gasteiger partial charge in [0.25, 0.3) is 0 Å². The van der Waals surface area contributed by atoms with Crippen LogP contribution >= 0.6 is 0 Å². The SMILES string of the molecule is CS(=O)(=O)c1ccc(C(O)(C=O)c2ccc(F)cc2)cc1. The summed E-state index contributed by atoms with van der Waals surface area (Å²) in [5, 5.41) is 10.5. The molecule has 2 aromatic rings. The van der Waals surface area contributed by atoms with Crippen LogP contribution in [0.15, 0.2) is 53.4 Å². The number of carbonyl (C=O) groups excluding carboxylic acids is 1. The molecule has 0 aliphatic rings. The van der Waals surface area contributed by atoms with Crippen molar-refractivity contribution in [2.45, 2.75) is 10.5 Å². The number of aldehydes is 1. The number of halogens is 1. The summed E-state index contributed by atoms with van der Waals surface area (Å²) < 4.78 is 35.7. The summed E-state index contributed by atoms with van der Waals surface area (Å²) >= 11 is 0.